The minimum atomic E-state index is -0.505. The molecule has 4 rings (SSSR count). The topological polar surface area (TPSA) is 73.9 Å². The number of amides is 3. The van der Waals surface area contributed by atoms with Gasteiger partial charge in [-0.05, 0) is 75.8 Å². The van der Waals surface area contributed by atoms with E-state index in [0.717, 1.165) is 63.8 Å². The summed E-state index contributed by atoms with van der Waals surface area (Å²) in [6.45, 7) is 12.1. The highest BCUT2D eigenvalue weighted by Crippen LogP contribution is 2.41. The second-order valence-corrected chi connectivity index (χ2v) is 12.5. The fourth-order valence-corrected chi connectivity index (χ4v) is 6.34. The molecule has 1 heterocycles. The molecule has 1 aliphatic carbocycles. The van der Waals surface area contributed by atoms with Crippen LogP contribution >= 0.6 is 0 Å². The largest absolute Gasteiger partial charge is 0.444 e. The van der Waals surface area contributed by atoms with Crippen LogP contribution in [0.4, 0.5) is 9.59 Å². The Bertz CT molecular complexity index is 1060. The van der Waals surface area contributed by atoms with Gasteiger partial charge in [0.05, 0.1) is 0 Å². The molecular formula is C33H48N4O3. The first-order valence-electron chi connectivity index (χ1n) is 15.1. The van der Waals surface area contributed by atoms with Crippen LogP contribution < -0.4 is 10.6 Å². The monoisotopic (exact) mass is 548 g/mol. The molecule has 2 fully saturated rings. The molecule has 3 amide bonds. The molecule has 1 aliphatic heterocycles. The van der Waals surface area contributed by atoms with Crippen molar-refractivity contribution >= 4 is 12.1 Å². The zero-order valence-corrected chi connectivity index (χ0v) is 24.8. The molecule has 0 aromatic heterocycles. The van der Waals surface area contributed by atoms with Crippen LogP contribution in [-0.2, 0) is 11.3 Å². The van der Waals surface area contributed by atoms with Crippen molar-refractivity contribution in [3.8, 4) is 0 Å². The van der Waals surface area contributed by atoms with Gasteiger partial charge >= 0.3 is 12.1 Å². The van der Waals surface area contributed by atoms with Crippen molar-refractivity contribution in [1.82, 2.24) is 20.4 Å². The Labute approximate surface area is 240 Å². The summed E-state index contributed by atoms with van der Waals surface area (Å²) in [7, 11) is 0. The van der Waals surface area contributed by atoms with Crippen LogP contribution in [0.1, 0.15) is 76.8 Å². The standard InChI is InChI=1S/C33H48N4O3/c1-5-18-37(31(38)34-23-25-12-8-6-9-13-25)29-16-19-36(20-17-29)24-27-21-28(35-32(39)40-33(2,3)4)22-30(27)26-14-10-7-11-15-26/h6-15,27-30H,5,16-24H2,1-4H3,(H,34,38)(H,35,39)/t27-,28?,30-/m1/s1. The third-order valence-electron chi connectivity index (χ3n) is 8.15. The zero-order chi connectivity index (χ0) is 28.5. The molecule has 7 heteroatoms. The van der Waals surface area contributed by atoms with E-state index in [1.807, 2.05) is 51.1 Å². The van der Waals surface area contributed by atoms with Crippen molar-refractivity contribution in [2.45, 2.75) is 89.9 Å². The molecule has 1 saturated carbocycles. The third-order valence-corrected chi connectivity index (χ3v) is 8.15. The number of likely N-dealkylation sites (tertiary alicyclic amines) is 1. The maximum Gasteiger partial charge on any atom is 0.407 e. The van der Waals surface area contributed by atoms with E-state index >= 15 is 0 Å². The Morgan fingerprint density at radius 2 is 1.62 bits per heavy atom. The lowest BCUT2D eigenvalue weighted by atomic mass is 9.88. The fraction of sp³-hybridized carbons (Fsp3) is 0.576. The van der Waals surface area contributed by atoms with Gasteiger partial charge in [0, 0.05) is 44.8 Å². The Hall–Kier alpha value is -3.06. The average molecular weight is 549 g/mol. The number of piperidine rings is 1. The molecular weight excluding hydrogens is 500 g/mol. The number of carbonyl (C=O) groups is 2. The molecule has 2 aromatic carbocycles. The van der Waals surface area contributed by atoms with E-state index in [2.05, 4.69) is 57.7 Å². The summed E-state index contributed by atoms with van der Waals surface area (Å²) in [5, 5.41) is 6.28. The number of carbonyl (C=O) groups excluding carboxylic acids is 2. The molecule has 0 radical (unpaired) electrons. The Kier molecular flexibility index (Phi) is 10.5. The summed E-state index contributed by atoms with van der Waals surface area (Å²) in [5.41, 5.74) is 1.96. The van der Waals surface area contributed by atoms with Crippen molar-refractivity contribution in [3.05, 3.63) is 71.8 Å². The van der Waals surface area contributed by atoms with Crippen LogP contribution in [0, 0.1) is 5.92 Å². The Balaban J connectivity index is 1.33. The summed E-state index contributed by atoms with van der Waals surface area (Å²) in [6.07, 6.45) is 4.47. The van der Waals surface area contributed by atoms with Crippen molar-refractivity contribution in [2.24, 2.45) is 5.92 Å². The van der Waals surface area contributed by atoms with E-state index in [1.165, 1.54) is 5.56 Å². The molecule has 0 bridgehead atoms. The maximum absolute atomic E-state index is 13.1. The van der Waals surface area contributed by atoms with E-state index in [1.54, 1.807) is 0 Å². The molecule has 0 spiro atoms. The molecule has 3 atom stereocenters. The first-order chi connectivity index (χ1) is 19.2. The van der Waals surface area contributed by atoms with Crippen molar-refractivity contribution in [3.63, 3.8) is 0 Å². The van der Waals surface area contributed by atoms with E-state index in [0.29, 0.717) is 18.4 Å². The van der Waals surface area contributed by atoms with Gasteiger partial charge in [-0.15, -0.1) is 0 Å². The van der Waals surface area contributed by atoms with Gasteiger partial charge in [0.25, 0.3) is 0 Å². The van der Waals surface area contributed by atoms with Crippen molar-refractivity contribution in [2.75, 3.05) is 26.2 Å². The van der Waals surface area contributed by atoms with Gasteiger partial charge in [-0.1, -0.05) is 67.6 Å². The number of nitrogens with one attached hydrogen (secondary N) is 2. The van der Waals surface area contributed by atoms with Crippen LogP contribution in [0.2, 0.25) is 0 Å². The predicted octanol–water partition coefficient (Wildman–Crippen LogP) is 6.16. The normalized spacial score (nSPS) is 22.1. The molecule has 40 heavy (non-hydrogen) atoms. The smallest absolute Gasteiger partial charge is 0.407 e. The number of benzene rings is 2. The highest BCUT2D eigenvalue weighted by Gasteiger charge is 2.38. The quantitative estimate of drug-likeness (QED) is 0.394. The molecule has 1 unspecified atom stereocenters. The van der Waals surface area contributed by atoms with Gasteiger partial charge < -0.3 is 25.2 Å². The maximum atomic E-state index is 13.1. The summed E-state index contributed by atoms with van der Waals surface area (Å²) in [5.74, 6) is 0.860. The van der Waals surface area contributed by atoms with Crippen LogP contribution in [-0.4, -0.2) is 65.8 Å². The van der Waals surface area contributed by atoms with Crippen LogP contribution in [0.25, 0.3) is 0 Å². The van der Waals surface area contributed by atoms with Crippen LogP contribution in [0.5, 0.6) is 0 Å². The fourth-order valence-electron chi connectivity index (χ4n) is 6.34. The molecule has 1 saturated heterocycles. The van der Waals surface area contributed by atoms with E-state index in [9.17, 15) is 9.59 Å². The molecule has 2 N–H and O–H groups in total. The lowest BCUT2D eigenvalue weighted by Gasteiger charge is -2.39. The highest BCUT2D eigenvalue weighted by molar-refractivity contribution is 5.74. The van der Waals surface area contributed by atoms with Gasteiger partial charge in [-0.3, -0.25) is 0 Å². The zero-order valence-electron chi connectivity index (χ0n) is 24.8. The van der Waals surface area contributed by atoms with E-state index < -0.39 is 5.60 Å². The van der Waals surface area contributed by atoms with Gasteiger partial charge in [0.2, 0.25) is 0 Å². The van der Waals surface area contributed by atoms with E-state index in [4.69, 9.17) is 4.74 Å². The van der Waals surface area contributed by atoms with Crippen LogP contribution in [0.3, 0.4) is 0 Å². The third kappa shape index (κ3) is 8.72. The summed E-state index contributed by atoms with van der Waals surface area (Å²) in [4.78, 5) is 30.3. The first-order valence-corrected chi connectivity index (χ1v) is 15.1. The average Bonchev–Trinajstić information content (AvgIpc) is 3.32. The predicted molar refractivity (Wildman–Crippen MR) is 160 cm³/mol. The second kappa shape index (κ2) is 14.0. The van der Waals surface area contributed by atoms with Gasteiger partial charge in [-0.25, -0.2) is 9.59 Å². The summed E-state index contributed by atoms with van der Waals surface area (Å²) < 4.78 is 5.54. The van der Waals surface area contributed by atoms with Gasteiger partial charge in [0.15, 0.2) is 0 Å². The SMILES string of the molecule is CCCN(C(=O)NCc1ccccc1)C1CCN(C[C@H]2CC(NC(=O)OC(C)(C)C)C[C@@H]2c2ccccc2)CC1. The Morgan fingerprint density at radius 1 is 0.975 bits per heavy atom. The Morgan fingerprint density at radius 3 is 2.25 bits per heavy atom. The molecule has 2 aromatic rings. The minimum absolute atomic E-state index is 0.0418. The number of urea groups is 1. The number of rotatable bonds is 9. The highest BCUT2D eigenvalue weighted by atomic mass is 16.6. The van der Waals surface area contributed by atoms with Crippen molar-refractivity contribution in [1.29, 1.82) is 0 Å². The van der Waals surface area contributed by atoms with Crippen molar-refractivity contribution < 1.29 is 14.3 Å². The second-order valence-electron chi connectivity index (χ2n) is 12.5. The number of alkyl carbamates (subject to hydrolysis) is 1. The number of hydrogen-bond donors (Lipinski definition) is 2. The summed E-state index contributed by atoms with van der Waals surface area (Å²) in [6, 6.07) is 21.2. The lowest BCUT2D eigenvalue weighted by molar-refractivity contribution is 0.0503. The first kappa shape index (κ1) is 29.9. The molecule has 2 aliphatic rings. The van der Waals surface area contributed by atoms with E-state index in [-0.39, 0.29) is 24.2 Å². The number of nitrogens with zero attached hydrogens (tertiary/aromatic N) is 2. The lowest BCUT2D eigenvalue weighted by Crippen LogP contribution is -2.51. The van der Waals surface area contributed by atoms with Gasteiger partial charge in [0.1, 0.15) is 5.60 Å². The minimum Gasteiger partial charge on any atom is -0.444 e. The summed E-state index contributed by atoms with van der Waals surface area (Å²) >= 11 is 0. The molecule has 218 valence electrons. The van der Waals surface area contributed by atoms with Gasteiger partial charge in [-0.2, -0.15) is 0 Å². The molecule has 7 nitrogen and oxygen atoms in total. The number of ether oxygens (including phenoxy) is 1. The number of hydrogen-bond acceptors (Lipinski definition) is 4. The van der Waals surface area contributed by atoms with Crippen LogP contribution in [0.15, 0.2) is 60.7 Å².